The SMILES string of the molecule is O=C(O)[C@@]12CCCC[C@@H]1CN(Cc1cnc(-c3cccnc3)s1)C2. The highest BCUT2D eigenvalue weighted by atomic mass is 32.1. The normalized spacial score (nSPS) is 27.1. The van der Waals surface area contributed by atoms with Gasteiger partial charge in [0.05, 0.1) is 5.41 Å². The van der Waals surface area contributed by atoms with Gasteiger partial charge >= 0.3 is 5.97 Å². The Kier molecular flexibility index (Phi) is 4.10. The molecule has 1 aliphatic carbocycles. The zero-order chi connectivity index (χ0) is 16.6. The Morgan fingerprint density at radius 2 is 2.33 bits per heavy atom. The number of hydrogen-bond donors (Lipinski definition) is 1. The number of carboxylic acid groups (broad SMARTS) is 1. The van der Waals surface area contributed by atoms with Crippen molar-refractivity contribution >= 4 is 17.3 Å². The zero-order valence-corrected chi connectivity index (χ0v) is 14.3. The second-order valence-corrected chi connectivity index (χ2v) is 8.06. The van der Waals surface area contributed by atoms with E-state index in [9.17, 15) is 9.90 Å². The highest BCUT2D eigenvalue weighted by molar-refractivity contribution is 7.15. The van der Waals surface area contributed by atoms with Gasteiger partial charge in [-0.15, -0.1) is 11.3 Å². The second-order valence-electron chi connectivity index (χ2n) is 6.95. The molecule has 0 aromatic carbocycles. The van der Waals surface area contributed by atoms with Crippen molar-refractivity contribution in [2.45, 2.75) is 32.2 Å². The minimum atomic E-state index is -0.602. The molecule has 126 valence electrons. The van der Waals surface area contributed by atoms with E-state index in [1.54, 1.807) is 17.5 Å². The van der Waals surface area contributed by atoms with Crippen molar-refractivity contribution in [1.29, 1.82) is 0 Å². The zero-order valence-electron chi connectivity index (χ0n) is 13.5. The Labute approximate surface area is 145 Å². The number of rotatable bonds is 4. The maximum absolute atomic E-state index is 11.9. The first kappa shape index (κ1) is 15.7. The molecule has 1 saturated carbocycles. The van der Waals surface area contributed by atoms with Crippen molar-refractivity contribution in [3.63, 3.8) is 0 Å². The quantitative estimate of drug-likeness (QED) is 0.923. The number of nitrogens with zero attached hydrogens (tertiary/aromatic N) is 3. The molecule has 1 N–H and O–H groups in total. The van der Waals surface area contributed by atoms with Crippen LogP contribution in [-0.4, -0.2) is 39.0 Å². The first-order valence-electron chi connectivity index (χ1n) is 8.48. The number of likely N-dealkylation sites (tertiary alicyclic amines) is 1. The van der Waals surface area contributed by atoms with Gasteiger partial charge in [0.2, 0.25) is 0 Å². The average Bonchev–Trinajstić information content (AvgIpc) is 3.20. The summed E-state index contributed by atoms with van der Waals surface area (Å²) < 4.78 is 0. The van der Waals surface area contributed by atoms with E-state index in [-0.39, 0.29) is 0 Å². The minimum absolute atomic E-state index is 0.300. The Balaban J connectivity index is 1.49. The number of aliphatic carboxylic acids is 1. The molecule has 2 aliphatic rings. The summed E-state index contributed by atoms with van der Waals surface area (Å²) in [7, 11) is 0. The van der Waals surface area contributed by atoms with Crippen molar-refractivity contribution in [2.75, 3.05) is 13.1 Å². The number of thiazole rings is 1. The monoisotopic (exact) mass is 343 g/mol. The predicted molar refractivity (Wildman–Crippen MR) is 92.6 cm³/mol. The van der Waals surface area contributed by atoms with Crippen molar-refractivity contribution in [1.82, 2.24) is 14.9 Å². The lowest BCUT2D eigenvalue weighted by Gasteiger charge is -2.34. The number of pyridine rings is 1. The second kappa shape index (κ2) is 6.26. The van der Waals surface area contributed by atoms with E-state index in [0.717, 1.165) is 42.9 Å². The van der Waals surface area contributed by atoms with E-state index in [1.165, 1.54) is 11.3 Å². The molecule has 1 saturated heterocycles. The van der Waals surface area contributed by atoms with E-state index in [2.05, 4.69) is 14.9 Å². The third kappa shape index (κ3) is 2.74. The molecule has 3 heterocycles. The van der Waals surface area contributed by atoms with Crippen LogP contribution in [0.3, 0.4) is 0 Å². The van der Waals surface area contributed by atoms with E-state index >= 15 is 0 Å². The van der Waals surface area contributed by atoms with Crippen LogP contribution in [0.5, 0.6) is 0 Å². The van der Waals surface area contributed by atoms with E-state index in [0.29, 0.717) is 12.5 Å². The summed E-state index contributed by atoms with van der Waals surface area (Å²) in [5.74, 6) is -0.301. The minimum Gasteiger partial charge on any atom is -0.481 e. The van der Waals surface area contributed by atoms with Crippen LogP contribution in [0.4, 0.5) is 0 Å². The molecule has 2 aromatic heterocycles. The van der Waals surface area contributed by atoms with Crippen LogP contribution >= 0.6 is 11.3 Å². The molecule has 0 radical (unpaired) electrons. The van der Waals surface area contributed by atoms with Crippen molar-refractivity contribution < 1.29 is 9.90 Å². The molecule has 2 atom stereocenters. The number of fused-ring (bicyclic) bond motifs is 1. The maximum atomic E-state index is 11.9. The van der Waals surface area contributed by atoms with Gasteiger partial charge in [0.15, 0.2) is 0 Å². The maximum Gasteiger partial charge on any atom is 0.311 e. The van der Waals surface area contributed by atoms with Crippen LogP contribution < -0.4 is 0 Å². The summed E-state index contributed by atoms with van der Waals surface area (Å²) in [5, 5.41) is 10.8. The molecule has 6 heteroatoms. The highest BCUT2D eigenvalue weighted by Gasteiger charge is 2.52. The summed E-state index contributed by atoms with van der Waals surface area (Å²) in [6, 6.07) is 3.93. The molecule has 0 spiro atoms. The number of carboxylic acids is 1. The topological polar surface area (TPSA) is 66.3 Å². The van der Waals surface area contributed by atoms with Crippen LogP contribution in [-0.2, 0) is 11.3 Å². The summed E-state index contributed by atoms with van der Waals surface area (Å²) >= 11 is 1.67. The van der Waals surface area contributed by atoms with Gasteiger partial charge in [0, 0.05) is 48.7 Å². The van der Waals surface area contributed by atoms with Gasteiger partial charge < -0.3 is 5.11 Å². The molecular weight excluding hydrogens is 322 g/mol. The summed E-state index contributed by atoms with van der Waals surface area (Å²) in [6.45, 7) is 2.36. The molecule has 0 unspecified atom stereocenters. The number of carbonyl (C=O) groups is 1. The van der Waals surface area contributed by atoms with E-state index in [1.807, 2.05) is 24.5 Å². The molecule has 1 aliphatic heterocycles. The molecule has 2 fully saturated rings. The lowest BCUT2D eigenvalue weighted by atomic mass is 9.68. The van der Waals surface area contributed by atoms with Gasteiger partial charge in [0.1, 0.15) is 5.01 Å². The third-order valence-electron chi connectivity index (χ3n) is 5.46. The number of hydrogen-bond acceptors (Lipinski definition) is 5. The van der Waals surface area contributed by atoms with Crippen molar-refractivity contribution in [3.05, 3.63) is 35.6 Å². The molecule has 0 bridgehead atoms. The van der Waals surface area contributed by atoms with Crippen molar-refractivity contribution in [2.24, 2.45) is 11.3 Å². The Morgan fingerprint density at radius 3 is 3.08 bits per heavy atom. The molecule has 2 aromatic rings. The molecule has 0 amide bonds. The summed E-state index contributed by atoms with van der Waals surface area (Å²) in [4.78, 5) is 24.0. The Bertz CT molecular complexity index is 733. The fourth-order valence-corrected chi connectivity index (χ4v) is 5.20. The lowest BCUT2D eigenvalue weighted by Crippen LogP contribution is -2.41. The third-order valence-corrected chi connectivity index (χ3v) is 6.49. The largest absolute Gasteiger partial charge is 0.481 e. The standard InChI is InChI=1S/C18H21N3O2S/c22-17(23)18-6-2-1-5-14(18)10-21(12-18)11-15-9-20-16(24-15)13-4-3-7-19-8-13/h3-4,7-9,14H,1-2,5-6,10-12H2,(H,22,23)/t14-,18-/m1/s1. The fourth-order valence-electron chi connectivity index (χ4n) is 4.25. The lowest BCUT2D eigenvalue weighted by molar-refractivity contribution is -0.152. The van der Waals surface area contributed by atoms with Crippen LogP contribution in [0, 0.1) is 11.3 Å². The van der Waals surface area contributed by atoms with E-state index in [4.69, 9.17) is 0 Å². The van der Waals surface area contributed by atoms with Gasteiger partial charge in [-0.2, -0.15) is 0 Å². The molecule has 4 rings (SSSR count). The van der Waals surface area contributed by atoms with Crippen LogP contribution in [0.25, 0.3) is 10.6 Å². The van der Waals surface area contributed by atoms with Gasteiger partial charge in [0.25, 0.3) is 0 Å². The first-order valence-corrected chi connectivity index (χ1v) is 9.30. The molecule has 5 nitrogen and oxygen atoms in total. The van der Waals surface area contributed by atoms with Crippen LogP contribution in [0.15, 0.2) is 30.7 Å². The summed E-state index contributed by atoms with van der Waals surface area (Å²) in [6.07, 6.45) is 9.59. The molecular formula is C18H21N3O2S. The van der Waals surface area contributed by atoms with Gasteiger partial charge in [-0.3, -0.25) is 14.7 Å². The van der Waals surface area contributed by atoms with Gasteiger partial charge in [-0.25, -0.2) is 4.98 Å². The first-order chi connectivity index (χ1) is 11.7. The predicted octanol–water partition coefficient (Wildman–Crippen LogP) is 3.28. The van der Waals surface area contributed by atoms with Crippen LogP contribution in [0.1, 0.15) is 30.6 Å². The highest BCUT2D eigenvalue weighted by Crippen LogP contribution is 2.47. The smallest absolute Gasteiger partial charge is 0.311 e. The van der Waals surface area contributed by atoms with Crippen LogP contribution in [0.2, 0.25) is 0 Å². The van der Waals surface area contributed by atoms with Crippen molar-refractivity contribution in [3.8, 4) is 10.6 Å². The summed E-state index contributed by atoms with van der Waals surface area (Å²) in [5.41, 5.74) is 0.514. The average molecular weight is 343 g/mol. The Hall–Kier alpha value is -1.79. The fraction of sp³-hybridized carbons (Fsp3) is 0.500. The molecule has 24 heavy (non-hydrogen) atoms. The number of aromatic nitrogens is 2. The van der Waals surface area contributed by atoms with Gasteiger partial charge in [-0.05, 0) is 30.9 Å². The van der Waals surface area contributed by atoms with Gasteiger partial charge in [-0.1, -0.05) is 12.8 Å². The van der Waals surface area contributed by atoms with E-state index < -0.39 is 11.4 Å². The Morgan fingerprint density at radius 1 is 1.42 bits per heavy atom.